The van der Waals surface area contributed by atoms with E-state index in [2.05, 4.69) is 5.32 Å². The van der Waals surface area contributed by atoms with E-state index in [9.17, 15) is 14.0 Å². The molecular weight excluding hydrogens is 307 g/mol. The van der Waals surface area contributed by atoms with Gasteiger partial charge < -0.3 is 10.2 Å². The van der Waals surface area contributed by atoms with Gasteiger partial charge in [-0.25, -0.2) is 4.39 Å². The molecule has 5 heteroatoms. The zero-order chi connectivity index (χ0) is 17.3. The van der Waals surface area contributed by atoms with Crippen LogP contribution in [0.25, 0.3) is 0 Å². The second-order valence-electron chi connectivity index (χ2n) is 7.47. The minimum Gasteiger partial charge on any atom is -0.353 e. The smallest absolute Gasteiger partial charge is 0.226 e. The highest BCUT2D eigenvalue weighted by Gasteiger charge is 2.55. The van der Waals surface area contributed by atoms with Crippen LogP contribution in [0.5, 0.6) is 0 Å². The van der Waals surface area contributed by atoms with Gasteiger partial charge in [0, 0.05) is 25.0 Å². The molecule has 3 rings (SSSR count). The molecule has 1 saturated carbocycles. The molecule has 2 amide bonds. The lowest BCUT2D eigenvalue weighted by molar-refractivity contribution is -0.132. The molecule has 2 fully saturated rings. The van der Waals surface area contributed by atoms with Crippen LogP contribution in [0.3, 0.4) is 0 Å². The van der Waals surface area contributed by atoms with E-state index in [0.29, 0.717) is 5.56 Å². The van der Waals surface area contributed by atoms with Crippen molar-refractivity contribution in [2.75, 3.05) is 13.1 Å². The predicted octanol–water partition coefficient (Wildman–Crippen LogP) is 2.52. The zero-order valence-corrected chi connectivity index (χ0v) is 14.3. The number of hydrogen-bond donors (Lipinski definition) is 1. The van der Waals surface area contributed by atoms with Crippen LogP contribution in [0.1, 0.15) is 38.7 Å². The second kappa shape index (κ2) is 6.54. The Morgan fingerprint density at radius 2 is 2.04 bits per heavy atom. The highest BCUT2D eigenvalue weighted by Crippen LogP contribution is 2.53. The van der Waals surface area contributed by atoms with E-state index in [1.807, 2.05) is 18.7 Å². The molecule has 2 aliphatic rings. The van der Waals surface area contributed by atoms with Crippen molar-refractivity contribution in [3.8, 4) is 0 Å². The second-order valence-corrected chi connectivity index (χ2v) is 7.47. The maximum absolute atomic E-state index is 13.2. The summed E-state index contributed by atoms with van der Waals surface area (Å²) in [5, 5.41) is 3.12. The Balaban J connectivity index is 1.49. The summed E-state index contributed by atoms with van der Waals surface area (Å²) in [6.45, 7) is 5.25. The third-order valence-corrected chi connectivity index (χ3v) is 5.39. The minimum absolute atomic E-state index is 0.00980. The van der Waals surface area contributed by atoms with Crippen molar-refractivity contribution in [3.05, 3.63) is 35.6 Å². The Bertz CT molecular complexity index is 636. The summed E-state index contributed by atoms with van der Waals surface area (Å²) in [5.41, 5.74) is 0.911. The minimum atomic E-state index is -0.306. The number of amides is 2. The SMILES string of the molecule is CC(C)C(=O)NC1CC12CCN(C(=O)Cc1cccc(F)c1)CC2. The molecule has 0 radical (unpaired) electrons. The van der Waals surface area contributed by atoms with E-state index in [4.69, 9.17) is 0 Å². The molecule has 1 atom stereocenters. The molecule has 1 N–H and O–H groups in total. The first-order valence-corrected chi connectivity index (χ1v) is 8.72. The van der Waals surface area contributed by atoms with E-state index >= 15 is 0 Å². The van der Waals surface area contributed by atoms with E-state index in [1.165, 1.54) is 12.1 Å². The van der Waals surface area contributed by atoms with Gasteiger partial charge in [0.25, 0.3) is 0 Å². The Hall–Kier alpha value is -1.91. The van der Waals surface area contributed by atoms with E-state index < -0.39 is 0 Å². The van der Waals surface area contributed by atoms with Crippen LogP contribution >= 0.6 is 0 Å². The topological polar surface area (TPSA) is 49.4 Å². The van der Waals surface area contributed by atoms with Gasteiger partial charge in [-0.1, -0.05) is 26.0 Å². The molecule has 0 aromatic heterocycles. The van der Waals surface area contributed by atoms with E-state index in [1.54, 1.807) is 12.1 Å². The number of nitrogens with one attached hydrogen (secondary N) is 1. The van der Waals surface area contributed by atoms with Gasteiger partial charge in [-0.3, -0.25) is 9.59 Å². The maximum Gasteiger partial charge on any atom is 0.226 e. The summed E-state index contributed by atoms with van der Waals surface area (Å²) in [4.78, 5) is 26.1. The molecule has 1 aromatic rings. The van der Waals surface area contributed by atoms with Gasteiger partial charge >= 0.3 is 0 Å². The quantitative estimate of drug-likeness (QED) is 0.921. The fourth-order valence-corrected chi connectivity index (χ4v) is 3.58. The first-order valence-electron chi connectivity index (χ1n) is 8.72. The van der Waals surface area contributed by atoms with Gasteiger partial charge in [0.15, 0.2) is 0 Å². The highest BCUT2D eigenvalue weighted by atomic mass is 19.1. The number of likely N-dealkylation sites (tertiary alicyclic amines) is 1. The van der Waals surface area contributed by atoms with Gasteiger partial charge in [0.2, 0.25) is 11.8 Å². The zero-order valence-electron chi connectivity index (χ0n) is 14.3. The lowest BCUT2D eigenvalue weighted by Crippen LogP contribution is -2.42. The molecule has 1 aromatic carbocycles. The van der Waals surface area contributed by atoms with Crippen molar-refractivity contribution in [2.45, 2.75) is 45.6 Å². The summed E-state index contributed by atoms with van der Waals surface area (Å²) in [7, 11) is 0. The van der Waals surface area contributed by atoms with Gasteiger partial charge in [0.1, 0.15) is 5.82 Å². The van der Waals surface area contributed by atoms with Gasteiger partial charge in [-0.2, -0.15) is 0 Å². The molecule has 1 unspecified atom stereocenters. The number of benzene rings is 1. The van der Waals surface area contributed by atoms with Gasteiger partial charge in [0.05, 0.1) is 6.42 Å². The third-order valence-electron chi connectivity index (χ3n) is 5.39. The summed E-state index contributed by atoms with van der Waals surface area (Å²) in [6, 6.07) is 6.49. The Morgan fingerprint density at radius 1 is 1.33 bits per heavy atom. The van der Waals surface area contributed by atoms with E-state index in [0.717, 1.165) is 32.4 Å². The molecule has 130 valence electrons. The van der Waals surface area contributed by atoms with Crippen molar-refractivity contribution >= 4 is 11.8 Å². The molecule has 24 heavy (non-hydrogen) atoms. The van der Waals surface area contributed by atoms with Crippen molar-refractivity contribution < 1.29 is 14.0 Å². The molecular formula is C19H25FN2O2. The molecule has 1 aliphatic heterocycles. The lowest BCUT2D eigenvalue weighted by atomic mass is 9.92. The van der Waals surface area contributed by atoms with Crippen LogP contribution in [0, 0.1) is 17.2 Å². The number of nitrogens with zero attached hydrogens (tertiary/aromatic N) is 1. The number of rotatable bonds is 4. The molecule has 1 heterocycles. The highest BCUT2D eigenvalue weighted by molar-refractivity contribution is 5.79. The predicted molar refractivity (Wildman–Crippen MR) is 89.7 cm³/mol. The normalized spacial score (nSPS) is 21.8. The molecule has 1 spiro atoms. The number of halogens is 1. The summed E-state index contributed by atoms with van der Waals surface area (Å²) in [5.74, 6) is -0.129. The van der Waals surface area contributed by atoms with Gasteiger partial charge in [-0.15, -0.1) is 0 Å². The summed E-state index contributed by atoms with van der Waals surface area (Å²) >= 11 is 0. The monoisotopic (exact) mass is 332 g/mol. The number of carbonyl (C=O) groups excluding carboxylic acids is 2. The molecule has 1 aliphatic carbocycles. The molecule has 1 saturated heterocycles. The lowest BCUT2D eigenvalue weighted by Gasteiger charge is -2.33. The average molecular weight is 332 g/mol. The van der Waals surface area contributed by atoms with Crippen molar-refractivity contribution in [1.82, 2.24) is 10.2 Å². The standard InChI is InChI=1S/C19H25FN2O2/c1-13(2)18(24)21-16-12-19(16)6-8-22(9-7-19)17(23)11-14-4-3-5-15(20)10-14/h3-5,10,13,16H,6-9,11-12H2,1-2H3,(H,21,24). The van der Waals surface area contributed by atoms with Crippen LogP contribution in [-0.2, 0) is 16.0 Å². The van der Waals surface area contributed by atoms with Crippen LogP contribution < -0.4 is 5.32 Å². The fraction of sp³-hybridized carbons (Fsp3) is 0.579. The van der Waals surface area contributed by atoms with Crippen molar-refractivity contribution in [3.63, 3.8) is 0 Å². The number of piperidine rings is 1. The number of carbonyl (C=O) groups is 2. The Kier molecular flexibility index (Phi) is 4.61. The first kappa shape index (κ1) is 16.9. The van der Waals surface area contributed by atoms with Crippen LogP contribution in [-0.4, -0.2) is 35.8 Å². The number of hydrogen-bond acceptors (Lipinski definition) is 2. The largest absolute Gasteiger partial charge is 0.353 e. The third kappa shape index (κ3) is 3.60. The average Bonchev–Trinajstić information content (AvgIpc) is 3.19. The van der Waals surface area contributed by atoms with Crippen LogP contribution in [0.15, 0.2) is 24.3 Å². The first-order chi connectivity index (χ1) is 11.4. The van der Waals surface area contributed by atoms with Crippen molar-refractivity contribution in [1.29, 1.82) is 0 Å². The summed E-state index contributed by atoms with van der Waals surface area (Å²) < 4.78 is 13.2. The van der Waals surface area contributed by atoms with E-state index in [-0.39, 0.29) is 41.4 Å². The maximum atomic E-state index is 13.2. The summed E-state index contributed by atoms with van der Waals surface area (Å²) in [6.07, 6.45) is 3.14. The van der Waals surface area contributed by atoms with Crippen LogP contribution in [0.2, 0.25) is 0 Å². The Labute approximate surface area is 142 Å². The molecule has 0 bridgehead atoms. The van der Waals surface area contributed by atoms with Crippen molar-refractivity contribution in [2.24, 2.45) is 11.3 Å². The van der Waals surface area contributed by atoms with Gasteiger partial charge in [-0.05, 0) is 42.4 Å². The molecule has 4 nitrogen and oxygen atoms in total. The van der Waals surface area contributed by atoms with Crippen LogP contribution in [0.4, 0.5) is 4.39 Å². The fourth-order valence-electron chi connectivity index (χ4n) is 3.58. The Morgan fingerprint density at radius 3 is 2.67 bits per heavy atom.